The second kappa shape index (κ2) is 9.89. The van der Waals surface area contributed by atoms with E-state index in [2.05, 4.69) is 46.0 Å². The number of ether oxygens (including phenoxy) is 3. The van der Waals surface area contributed by atoms with Crippen LogP contribution in [0.5, 0.6) is 0 Å². The number of rotatable bonds is 7. The van der Waals surface area contributed by atoms with Gasteiger partial charge in [-0.15, -0.1) is 0 Å². The van der Waals surface area contributed by atoms with Gasteiger partial charge in [-0.2, -0.15) is 0 Å². The van der Waals surface area contributed by atoms with Gasteiger partial charge in [0.05, 0.1) is 0 Å². The molecular formula is C25H38O5SeSi. The Morgan fingerprint density at radius 2 is 1.91 bits per heavy atom. The van der Waals surface area contributed by atoms with Crippen LogP contribution < -0.4 is 4.46 Å². The molecule has 0 spiro atoms. The Bertz CT molecular complexity index is 774. The van der Waals surface area contributed by atoms with E-state index in [0.29, 0.717) is 6.61 Å². The van der Waals surface area contributed by atoms with Crippen molar-refractivity contribution < 1.29 is 23.4 Å². The fraction of sp³-hybridized carbons (Fsp3) is 0.720. The normalized spacial score (nSPS) is 33.2. The van der Waals surface area contributed by atoms with Crippen molar-refractivity contribution in [2.75, 3.05) is 13.2 Å². The number of fused-ring (bicyclic) bond motifs is 1. The zero-order valence-corrected chi connectivity index (χ0v) is 22.8. The van der Waals surface area contributed by atoms with Gasteiger partial charge in [-0.25, -0.2) is 0 Å². The van der Waals surface area contributed by atoms with Crippen LogP contribution in [0, 0.1) is 11.8 Å². The Balaban J connectivity index is 1.54. The first-order valence-corrected chi connectivity index (χ1v) is 16.7. The number of carbonyl (C=O) groups is 1. The van der Waals surface area contributed by atoms with Crippen LogP contribution in [0.15, 0.2) is 30.3 Å². The molecule has 7 heteroatoms. The van der Waals surface area contributed by atoms with Crippen LogP contribution in [0.2, 0.25) is 22.9 Å². The average molecular weight is 526 g/mol. The van der Waals surface area contributed by atoms with Gasteiger partial charge in [0.25, 0.3) is 0 Å². The maximum atomic E-state index is 12.9. The molecule has 3 fully saturated rings. The van der Waals surface area contributed by atoms with Crippen LogP contribution in [-0.4, -0.2) is 61.0 Å². The molecule has 4 rings (SSSR count). The Kier molecular flexibility index (Phi) is 7.55. The molecule has 0 aromatic heterocycles. The van der Waals surface area contributed by atoms with Crippen molar-refractivity contribution in [1.82, 2.24) is 0 Å². The summed E-state index contributed by atoms with van der Waals surface area (Å²) in [4.78, 5) is 12.8. The number of benzene rings is 1. The molecule has 1 saturated carbocycles. The van der Waals surface area contributed by atoms with Crippen LogP contribution in [0.25, 0.3) is 0 Å². The minimum atomic E-state index is -1.92. The second-order valence-electron chi connectivity index (χ2n) is 10.8. The zero-order valence-electron chi connectivity index (χ0n) is 20.0. The maximum absolute atomic E-state index is 12.9. The summed E-state index contributed by atoms with van der Waals surface area (Å²) in [6.07, 6.45) is 3.75. The summed E-state index contributed by atoms with van der Waals surface area (Å²) in [5, 5.41) is 0.142. The van der Waals surface area contributed by atoms with Gasteiger partial charge >= 0.3 is 200 Å². The summed E-state index contributed by atoms with van der Waals surface area (Å²) in [6, 6.07) is 10.4. The quantitative estimate of drug-likeness (QED) is 0.393. The second-order valence-corrected chi connectivity index (χ2v) is 18.2. The molecule has 1 unspecified atom stereocenters. The van der Waals surface area contributed by atoms with Crippen LogP contribution in [-0.2, 0) is 23.4 Å². The van der Waals surface area contributed by atoms with Crippen molar-refractivity contribution in [1.29, 1.82) is 0 Å². The summed E-state index contributed by atoms with van der Waals surface area (Å²) in [5.41, 5.74) is 0. The van der Waals surface area contributed by atoms with Crippen molar-refractivity contribution in [3.8, 4) is 0 Å². The van der Waals surface area contributed by atoms with Crippen LogP contribution >= 0.6 is 0 Å². The molecule has 32 heavy (non-hydrogen) atoms. The number of esters is 1. The molecule has 178 valence electrons. The Hall–Kier alpha value is -0.694. The summed E-state index contributed by atoms with van der Waals surface area (Å²) >= 11 is 0.0310. The van der Waals surface area contributed by atoms with Gasteiger partial charge in [0.15, 0.2) is 0 Å². The molecule has 0 bridgehead atoms. The molecule has 0 amide bonds. The third-order valence-electron chi connectivity index (χ3n) is 7.63. The molecule has 0 radical (unpaired) electrons. The SMILES string of the molecule is CC(C)(C)[Si](C)(C)OC[C@@H]1[C@@H]2[C@H](C[C@H]1OC1CCCCO1)OC(=O)[C@H]2[Se]c1ccccc1. The van der Waals surface area contributed by atoms with E-state index in [1.54, 1.807) is 0 Å². The van der Waals surface area contributed by atoms with Crippen LogP contribution in [0.3, 0.4) is 0 Å². The van der Waals surface area contributed by atoms with Crippen molar-refractivity contribution in [2.24, 2.45) is 11.8 Å². The summed E-state index contributed by atoms with van der Waals surface area (Å²) in [5.74, 6) is 0.274. The zero-order chi connectivity index (χ0) is 22.9. The van der Waals surface area contributed by atoms with E-state index in [4.69, 9.17) is 18.6 Å². The third kappa shape index (κ3) is 5.34. The molecule has 2 saturated heterocycles. The van der Waals surface area contributed by atoms with Gasteiger partial charge in [0, 0.05) is 0 Å². The van der Waals surface area contributed by atoms with Crippen LogP contribution in [0.4, 0.5) is 0 Å². The van der Waals surface area contributed by atoms with E-state index >= 15 is 0 Å². The van der Waals surface area contributed by atoms with Gasteiger partial charge in [-0.3, -0.25) is 0 Å². The van der Waals surface area contributed by atoms with Crippen molar-refractivity contribution in [3.63, 3.8) is 0 Å². The van der Waals surface area contributed by atoms with Crippen molar-refractivity contribution >= 4 is 33.7 Å². The molecule has 5 nitrogen and oxygen atoms in total. The van der Waals surface area contributed by atoms with Gasteiger partial charge in [0.2, 0.25) is 0 Å². The fourth-order valence-electron chi connectivity index (χ4n) is 4.69. The van der Waals surface area contributed by atoms with E-state index < -0.39 is 8.32 Å². The molecule has 2 aliphatic heterocycles. The van der Waals surface area contributed by atoms with Crippen LogP contribution in [0.1, 0.15) is 46.5 Å². The molecule has 6 atom stereocenters. The van der Waals surface area contributed by atoms with E-state index in [1.165, 1.54) is 4.46 Å². The standard InChI is InChI=1S/C25H38O5SeSi/c1-25(2,3)32(4,5)28-16-18-19(29-21-13-9-10-14-27-21)15-20-22(18)23(24(26)30-20)31-17-11-7-6-8-12-17/h6-8,11-12,18-23H,9-10,13-16H2,1-5H3/t18-,19+,20-,21?,22+,23-/m0/s1. The summed E-state index contributed by atoms with van der Waals surface area (Å²) < 4.78 is 26.3. The Labute approximate surface area is 200 Å². The van der Waals surface area contributed by atoms with E-state index in [9.17, 15) is 4.79 Å². The number of carbonyl (C=O) groups excluding carboxylic acids is 1. The number of hydrogen-bond donors (Lipinski definition) is 0. The molecule has 2 heterocycles. The molecule has 1 aliphatic carbocycles. The summed E-state index contributed by atoms with van der Waals surface area (Å²) in [7, 11) is -1.92. The van der Waals surface area contributed by atoms with Crippen molar-refractivity contribution in [3.05, 3.63) is 30.3 Å². The first-order chi connectivity index (χ1) is 15.2. The first kappa shape index (κ1) is 24.4. The molecule has 3 aliphatic rings. The van der Waals surface area contributed by atoms with Gasteiger partial charge in [-0.1, -0.05) is 0 Å². The predicted molar refractivity (Wildman–Crippen MR) is 129 cm³/mol. The number of hydrogen-bond acceptors (Lipinski definition) is 5. The molecule has 1 aromatic rings. The van der Waals surface area contributed by atoms with Gasteiger partial charge in [-0.05, 0) is 0 Å². The minimum absolute atomic E-state index is 0.0139. The van der Waals surface area contributed by atoms with E-state index in [0.717, 1.165) is 32.3 Å². The topological polar surface area (TPSA) is 54.0 Å². The fourth-order valence-corrected chi connectivity index (χ4v) is 8.44. The van der Waals surface area contributed by atoms with E-state index in [1.807, 2.05) is 18.2 Å². The van der Waals surface area contributed by atoms with Gasteiger partial charge in [0.1, 0.15) is 0 Å². The third-order valence-corrected chi connectivity index (χ3v) is 14.9. The first-order valence-electron chi connectivity index (χ1n) is 12.0. The molecule has 1 aromatic carbocycles. The van der Waals surface area contributed by atoms with Crippen molar-refractivity contribution in [2.45, 2.75) is 87.9 Å². The Morgan fingerprint density at radius 3 is 2.56 bits per heavy atom. The molecular weight excluding hydrogens is 487 g/mol. The van der Waals surface area contributed by atoms with E-state index in [-0.39, 0.29) is 61.1 Å². The Morgan fingerprint density at radius 1 is 1.16 bits per heavy atom. The average Bonchev–Trinajstić information content (AvgIpc) is 3.22. The monoisotopic (exact) mass is 526 g/mol. The predicted octanol–water partition coefficient (Wildman–Crippen LogP) is 4.30. The summed E-state index contributed by atoms with van der Waals surface area (Å²) in [6.45, 7) is 12.8. The molecule has 0 N–H and O–H groups in total. The van der Waals surface area contributed by atoms with Gasteiger partial charge < -0.3 is 0 Å².